The molecule has 0 saturated heterocycles. The summed E-state index contributed by atoms with van der Waals surface area (Å²) in [7, 11) is 0. The zero-order valence-corrected chi connectivity index (χ0v) is 11.7. The molecule has 0 amide bonds. The molecule has 0 radical (unpaired) electrons. The second-order valence-corrected chi connectivity index (χ2v) is 5.47. The molecular weight excluding hydrogens is 297 g/mol. The van der Waals surface area contributed by atoms with Crippen LogP contribution in [0.1, 0.15) is 24.8 Å². The van der Waals surface area contributed by atoms with E-state index in [9.17, 15) is 4.39 Å². The van der Waals surface area contributed by atoms with Crippen molar-refractivity contribution in [2.75, 3.05) is 6.54 Å². The summed E-state index contributed by atoms with van der Waals surface area (Å²) in [5, 5.41) is 3.11. The summed E-state index contributed by atoms with van der Waals surface area (Å²) in [6, 6.07) is 4.56. The van der Waals surface area contributed by atoms with Gasteiger partial charge in [-0.05, 0) is 42.5 Å². The second kappa shape index (κ2) is 6.18. The summed E-state index contributed by atoms with van der Waals surface area (Å²) in [4.78, 5) is 4.21. The van der Waals surface area contributed by atoms with Crippen LogP contribution in [0.25, 0.3) is 0 Å². The van der Waals surface area contributed by atoms with E-state index >= 15 is 0 Å². The van der Waals surface area contributed by atoms with Crippen LogP contribution in [-0.2, 0) is 6.54 Å². The van der Waals surface area contributed by atoms with Crippen molar-refractivity contribution in [3.8, 4) is 0 Å². The van der Waals surface area contributed by atoms with Gasteiger partial charge in [-0.3, -0.25) is 0 Å². The van der Waals surface area contributed by atoms with E-state index in [1.807, 2.05) is 0 Å². The molecule has 1 saturated carbocycles. The minimum Gasteiger partial charge on any atom is -0.370 e. The lowest BCUT2D eigenvalue weighted by Crippen LogP contribution is -2.37. The number of nitrogens with zero attached hydrogens (tertiary/aromatic N) is 1. The van der Waals surface area contributed by atoms with Crippen LogP contribution in [0, 0.1) is 11.7 Å². The van der Waals surface area contributed by atoms with Crippen LogP contribution < -0.4 is 11.1 Å². The van der Waals surface area contributed by atoms with Gasteiger partial charge in [-0.15, -0.1) is 0 Å². The number of rotatable bonds is 4. The number of nitrogens with one attached hydrogen (secondary N) is 1. The molecular formula is C13H17BrFN3. The lowest BCUT2D eigenvalue weighted by atomic mass is 9.85. The van der Waals surface area contributed by atoms with Crippen LogP contribution >= 0.6 is 15.9 Å². The summed E-state index contributed by atoms with van der Waals surface area (Å²) in [5.74, 6) is 0.905. The van der Waals surface area contributed by atoms with Gasteiger partial charge in [0.15, 0.2) is 5.96 Å². The van der Waals surface area contributed by atoms with Crippen molar-refractivity contribution >= 4 is 21.9 Å². The Morgan fingerprint density at radius 3 is 2.94 bits per heavy atom. The van der Waals surface area contributed by atoms with Gasteiger partial charge in [0.05, 0.1) is 6.54 Å². The Morgan fingerprint density at radius 1 is 1.50 bits per heavy atom. The van der Waals surface area contributed by atoms with Gasteiger partial charge in [0.2, 0.25) is 0 Å². The summed E-state index contributed by atoms with van der Waals surface area (Å²) in [6.45, 7) is 1.27. The first-order valence-electron chi connectivity index (χ1n) is 6.13. The molecule has 5 heteroatoms. The molecule has 1 aromatic carbocycles. The van der Waals surface area contributed by atoms with Crippen molar-refractivity contribution in [2.24, 2.45) is 16.6 Å². The predicted octanol–water partition coefficient (Wildman–Crippen LogP) is 2.79. The third-order valence-corrected chi connectivity index (χ3v) is 4.00. The van der Waals surface area contributed by atoms with Gasteiger partial charge in [0, 0.05) is 11.0 Å². The van der Waals surface area contributed by atoms with E-state index < -0.39 is 0 Å². The summed E-state index contributed by atoms with van der Waals surface area (Å²) in [5.41, 5.74) is 6.56. The Kier molecular flexibility index (Phi) is 4.58. The van der Waals surface area contributed by atoms with Gasteiger partial charge in [-0.25, -0.2) is 9.38 Å². The maximum atomic E-state index is 13.1. The van der Waals surface area contributed by atoms with Gasteiger partial charge in [-0.1, -0.05) is 22.4 Å². The standard InChI is InChI=1S/C13H17BrFN3/c14-12-5-4-11(15)6-10(12)8-18-13(16)17-7-9-2-1-3-9/h4-6,9H,1-3,7-8H2,(H3,16,17,18). The average Bonchev–Trinajstić information content (AvgIpc) is 2.28. The lowest BCUT2D eigenvalue weighted by Gasteiger charge is -2.25. The third kappa shape index (κ3) is 3.70. The molecule has 0 aliphatic heterocycles. The molecule has 1 aliphatic carbocycles. The van der Waals surface area contributed by atoms with Crippen molar-refractivity contribution in [3.63, 3.8) is 0 Å². The smallest absolute Gasteiger partial charge is 0.188 e. The molecule has 0 aromatic heterocycles. The van der Waals surface area contributed by atoms with E-state index in [1.165, 1.54) is 31.4 Å². The third-order valence-electron chi connectivity index (χ3n) is 3.22. The normalized spacial score (nSPS) is 16.4. The van der Waals surface area contributed by atoms with Gasteiger partial charge in [0.25, 0.3) is 0 Å². The van der Waals surface area contributed by atoms with Crippen molar-refractivity contribution in [1.29, 1.82) is 0 Å². The number of hydrogen-bond donors (Lipinski definition) is 2. The van der Waals surface area contributed by atoms with Crippen LogP contribution in [-0.4, -0.2) is 12.5 Å². The van der Waals surface area contributed by atoms with Crippen LogP contribution in [0.4, 0.5) is 4.39 Å². The Balaban J connectivity index is 1.86. The van der Waals surface area contributed by atoms with E-state index in [1.54, 1.807) is 6.07 Å². The fourth-order valence-corrected chi connectivity index (χ4v) is 2.21. The molecule has 0 bridgehead atoms. The molecule has 1 aliphatic rings. The first-order chi connectivity index (χ1) is 8.65. The monoisotopic (exact) mass is 313 g/mol. The first-order valence-corrected chi connectivity index (χ1v) is 6.92. The van der Waals surface area contributed by atoms with Gasteiger partial charge >= 0.3 is 0 Å². The highest BCUT2D eigenvalue weighted by molar-refractivity contribution is 9.10. The second-order valence-electron chi connectivity index (χ2n) is 4.62. The Morgan fingerprint density at radius 2 is 2.28 bits per heavy atom. The summed E-state index contributed by atoms with van der Waals surface area (Å²) < 4.78 is 13.9. The molecule has 2 rings (SSSR count). The Hall–Kier alpha value is -1.10. The predicted molar refractivity (Wildman–Crippen MR) is 74.8 cm³/mol. The molecule has 0 heterocycles. The highest BCUT2D eigenvalue weighted by atomic mass is 79.9. The number of benzene rings is 1. The fourth-order valence-electron chi connectivity index (χ4n) is 1.84. The van der Waals surface area contributed by atoms with E-state index in [0.29, 0.717) is 12.5 Å². The molecule has 1 fully saturated rings. The van der Waals surface area contributed by atoms with Gasteiger partial charge in [0.1, 0.15) is 5.82 Å². The minimum atomic E-state index is -0.260. The molecule has 1 aromatic rings. The molecule has 0 spiro atoms. The van der Waals surface area contributed by atoms with Gasteiger partial charge < -0.3 is 11.1 Å². The maximum absolute atomic E-state index is 13.1. The average molecular weight is 314 g/mol. The fraction of sp³-hybridized carbons (Fsp3) is 0.462. The van der Waals surface area contributed by atoms with Crippen LogP contribution in [0.5, 0.6) is 0 Å². The molecule has 3 N–H and O–H groups in total. The van der Waals surface area contributed by atoms with E-state index in [0.717, 1.165) is 22.5 Å². The number of halogens is 2. The highest BCUT2D eigenvalue weighted by Crippen LogP contribution is 2.25. The van der Waals surface area contributed by atoms with Crippen molar-refractivity contribution in [1.82, 2.24) is 5.32 Å². The topological polar surface area (TPSA) is 50.4 Å². The maximum Gasteiger partial charge on any atom is 0.188 e. The molecule has 0 atom stereocenters. The Labute approximate surface area is 115 Å². The largest absolute Gasteiger partial charge is 0.370 e. The number of nitrogens with two attached hydrogens (primary N) is 1. The zero-order valence-electron chi connectivity index (χ0n) is 10.1. The van der Waals surface area contributed by atoms with Crippen molar-refractivity contribution < 1.29 is 4.39 Å². The van der Waals surface area contributed by atoms with Crippen LogP contribution in [0.2, 0.25) is 0 Å². The molecule has 0 unspecified atom stereocenters. The molecule has 3 nitrogen and oxygen atoms in total. The van der Waals surface area contributed by atoms with E-state index in [4.69, 9.17) is 5.73 Å². The molecule has 98 valence electrons. The number of hydrogen-bond acceptors (Lipinski definition) is 1. The number of guanidine groups is 1. The quantitative estimate of drug-likeness (QED) is 0.663. The van der Waals surface area contributed by atoms with Crippen molar-refractivity contribution in [3.05, 3.63) is 34.1 Å². The first kappa shape index (κ1) is 13.3. The van der Waals surface area contributed by atoms with Gasteiger partial charge in [-0.2, -0.15) is 0 Å². The SMILES string of the molecule is NC(=NCc1cc(F)ccc1Br)NCC1CCC1. The molecule has 18 heavy (non-hydrogen) atoms. The van der Waals surface area contributed by atoms with Crippen LogP contribution in [0.3, 0.4) is 0 Å². The highest BCUT2D eigenvalue weighted by Gasteiger charge is 2.16. The van der Waals surface area contributed by atoms with E-state index in [-0.39, 0.29) is 5.82 Å². The zero-order chi connectivity index (χ0) is 13.0. The number of aliphatic imine (C=N–C) groups is 1. The summed E-state index contributed by atoms with van der Waals surface area (Å²) >= 11 is 3.37. The lowest BCUT2D eigenvalue weighted by molar-refractivity contribution is 0.315. The van der Waals surface area contributed by atoms with E-state index in [2.05, 4.69) is 26.2 Å². The minimum absolute atomic E-state index is 0.260. The van der Waals surface area contributed by atoms with Crippen LogP contribution in [0.15, 0.2) is 27.7 Å². The van der Waals surface area contributed by atoms with Crippen molar-refractivity contribution in [2.45, 2.75) is 25.8 Å². The summed E-state index contributed by atoms with van der Waals surface area (Å²) in [6.07, 6.45) is 3.87. The Bertz CT molecular complexity index is 444.